The summed E-state index contributed by atoms with van der Waals surface area (Å²) in [5.74, 6) is 0. The van der Waals surface area contributed by atoms with Gasteiger partial charge in [0.15, 0.2) is 6.17 Å². The van der Waals surface area contributed by atoms with E-state index in [0.29, 0.717) is 0 Å². The fourth-order valence-corrected chi connectivity index (χ4v) is 2.52. The van der Waals surface area contributed by atoms with E-state index in [1.54, 1.807) is 12.4 Å². The van der Waals surface area contributed by atoms with Crippen LogP contribution in [0.25, 0.3) is 0 Å². The first-order chi connectivity index (χ1) is 9.60. The number of aromatic nitrogens is 1. The second-order valence-electron chi connectivity index (χ2n) is 5.41. The summed E-state index contributed by atoms with van der Waals surface area (Å²) in [6, 6.07) is 13.7. The zero-order chi connectivity index (χ0) is 14.2. The van der Waals surface area contributed by atoms with Crippen LogP contribution in [-0.4, -0.2) is 26.5 Å². The van der Waals surface area contributed by atoms with Crippen LogP contribution in [0, 0.1) is 0 Å². The van der Waals surface area contributed by atoms with E-state index in [9.17, 15) is 5.21 Å². The first-order valence-electron chi connectivity index (χ1n) is 6.62. The van der Waals surface area contributed by atoms with Gasteiger partial charge in [0.2, 0.25) is 0 Å². The number of aliphatic imine (C=N–C) groups is 1. The molecule has 1 atom stereocenters. The number of pyridine rings is 1. The van der Waals surface area contributed by atoms with Crippen molar-refractivity contribution in [3.63, 3.8) is 0 Å². The number of hydrogen-bond acceptors (Lipinski definition) is 4. The molecule has 0 saturated carbocycles. The molecule has 0 spiro atoms. The molecule has 1 aliphatic rings. The molecule has 102 valence electrons. The van der Waals surface area contributed by atoms with Crippen LogP contribution in [0.1, 0.15) is 31.1 Å². The van der Waals surface area contributed by atoms with Gasteiger partial charge in [-0.2, -0.15) is 5.06 Å². The SMILES string of the molecule is CC1(C)C(c2ccccc2)=N[C@H](c2cccnc2)N1O. The van der Waals surface area contributed by atoms with Gasteiger partial charge < -0.3 is 5.21 Å². The summed E-state index contributed by atoms with van der Waals surface area (Å²) in [6.45, 7) is 3.93. The summed E-state index contributed by atoms with van der Waals surface area (Å²) in [4.78, 5) is 8.82. The van der Waals surface area contributed by atoms with Crippen LogP contribution < -0.4 is 0 Å². The molecule has 1 aliphatic heterocycles. The highest BCUT2D eigenvalue weighted by Crippen LogP contribution is 2.37. The summed E-state index contributed by atoms with van der Waals surface area (Å²) in [7, 11) is 0. The van der Waals surface area contributed by atoms with Gasteiger partial charge in [-0.25, -0.2) is 0 Å². The molecule has 0 fully saturated rings. The third-order valence-electron chi connectivity index (χ3n) is 3.67. The molecule has 1 N–H and O–H groups in total. The minimum absolute atomic E-state index is 0.408. The van der Waals surface area contributed by atoms with Crippen LogP contribution in [-0.2, 0) is 0 Å². The zero-order valence-corrected chi connectivity index (χ0v) is 11.6. The first kappa shape index (κ1) is 13.0. The predicted molar refractivity (Wildman–Crippen MR) is 77.7 cm³/mol. The van der Waals surface area contributed by atoms with Gasteiger partial charge in [0, 0.05) is 18.0 Å². The van der Waals surface area contributed by atoms with Crippen LogP contribution >= 0.6 is 0 Å². The lowest BCUT2D eigenvalue weighted by molar-refractivity contribution is -0.159. The van der Waals surface area contributed by atoms with E-state index in [0.717, 1.165) is 16.8 Å². The number of benzene rings is 1. The van der Waals surface area contributed by atoms with Gasteiger partial charge >= 0.3 is 0 Å². The Kier molecular flexibility index (Phi) is 3.12. The van der Waals surface area contributed by atoms with Crippen molar-refractivity contribution in [3.8, 4) is 0 Å². The molecule has 0 bridgehead atoms. The molecule has 4 heteroatoms. The second kappa shape index (κ2) is 4.81. The number of hydrogen-bond donors (Lipinski definition) is 1. The normalized spacial score (nSPS) is 21.8. The Morgan fingerprint density at radius 1 is 1.10 bits per heavy atom. The minimum Gasteiger partial charge on any atom is -0.311 e. The number of rotatable bonds is 2. The summed E-state index contributed by atoms with van der Waals surface area (Å²) in [6.07, 6.45) is 3.04. The molecular weight excluding hydrogens is 250 g/mol. The van der Waals surface area contributed by atoms with Crippen molar-refractivity contribution in [1.29, 1.82) is 0 Å². The van der Waals surface area contributed by atoms with E-state index in [2.05, 4.69) is 4.98 Å². The smallest absolute Gasteiger partial charge is 0.153 e. The maximum Gasteiger partial charge on any atom is 0.153 e. The van der Waals surface area contributed by atoms with Gasteiger partial charge in [-0.05, 0) is 25.5 Å². The maximum absolute atomic E-state index is 10.5. The lowest BCUT2D eigenvalue weighted by atomic mass is 9.93. The fraction of sp³-hybridized carbons (Fsp3) is 0.250. The summed E-state index contributed by atoms with van der Waals surface area (Å²) in [5, 5.41) is 11.8. The summed E-state index contributed by atoms with van der Waals surface area (Å²) < 4.78 is 0. The van der Waals surface area contributed by atoms with E-state index in [4.69, 9.17) is 4.99 Å². The average Bonchev–Trinajstić information content (AvgIpc) is 2.72. The first-order valence-corrected chi connectivity index (χ1v) is 6.62. The highest BCUT2D eigenvalue weighted by Gasteiger charge is 2.43. The van der Waals surface area contributed by atoms with Crippen LogP contribution in [0.5, 0.6) is 0 Å². The van der Waals surface area contributed by atoms with Crippen molar-refractivity contribution in [2.45, 2.75) is 25.6 Å². The van der Waals surface area contributed by atoms with Gasteiger partial charge in [0.25, 0.3) is 0 Å². The maximum atomic E-state index is 10.5. The molecule has 1 aromatic heterocycles. The Morgan fingerprint density at radius 2 is 1.85 bits per heavy atom. The fourth-order valence-electron chi connectivity index (χ4n) is 2.52. The minimum atomic E-state index is -0.540. The Hall–Kier alpha value is -2.04. The van der Waals surface area contributed by atoms with Crippen molar-refractivity contribution < 1.29 is 5.21 Å². The van der Waals surface area contributed by atoms with Crippen molar-refractivity contribution >= 4 is 5.71 Å². The Balaban J connectivity index is 2.05. The van der Waals surface area contributed by atoms with Gasteiger partial charge in [-0.1, -0.05) is 36.4 Å². The van der Waals surface area contributed by atoms with E-state index in [-0.39, 0.29) is 0 Å². The predicted octanol–water partition coefficient (Wildman–Crippen LogP) is 3.05. The molecule has 0 aliphatic carbocycles. The molecule has 1 aromatic carbocycles. The molecule has 0 saturated heterocycles. The highest BCUT2D eigenvalue weighted by molar-refractivity contribution is 6.07. The number of hydroxylamine groups is 2. The van der Waals surface area contributed by atoms with E-state index < -0.39 is 11.7 Å². The number of nitrogens with zero attached hydrogens (tertiary/aromatic N) is 3. The summed E-state index contributed by atoms with van der Waals surface area (Å²) in [5.41, 5.74) is 2.26. The van der Waals surface area contributed by atoms with Gasteiger partial charge in [0.1, 0.15) is 0 Å². The molecule has 0 radical (unpaired) electrons. The van der Waals surface area contributed by atoms with E-state index in [1.165, 1.54) is 5.06 Å². The summed E-state index contributed by atoms with van der Waals surface area (Å²) >= 11 is 0. The second-order valence-corrected chi connectivity index (χ2v) is 5.41. The standard InChI is InChI=1S/C16H17N3O/c1-16(2)14(12-7-4-3-5-8-12)18-15(19(16)20)13-9-6-10-17-11-13/h3-11,15,20H,1-2H3/t15-/m0/s1. The topological polar surface area (TPSA) is 48.7 Å². The lowest BCUT2D eigenvalue weighted by Gasteiger charge is -2.30. The third-order valence-corrected chi connectivity index (χ3v) is 3.67. The molecular formula is C16H17N3O. The molecule has 2 aromatic rings. The molecule has 20 heavy (non-hydrogen) atoms. The Labute approximate surface area is 118 Å². The van der Waals surface area contributed by atoms with Gasteiger partial charge in [0.05, 0.1) is 11.3 Å². The van der Waals surface area contributed by atoms with Crippen molar-refractivity contribution in [2.24, 2.45) is 4.99 Å². The largest absolute Gasteiger partial charge is 0.311 e. The molecule has 0 amide bonds. The molecule has 4 nitrogen and oxygen atoms in total. The van der Waals surface area contributed by atoms with Crippen LogP contribution in [0.15, 0.2) is 59.9 Å². The van der Waals surface area contributed by atoms with Crippen molar-refractivity contribution in [2.75, 3.05) is 0 Å². The van der Waals surface area contributed by atoms with E-state index >= 15 is 0 Å². The quantitative estimate of drug-likeness (QED) is 0.909. The Bertz CT molecular complexity index is 623. The molecule has 2 heterocycles. The third kappa shape index (κ3) is 2.03. The van der Waals surface area contributed by atoms with Gasteiger partial charge in [-0.15, -0.1) is 0 Å². The van der Waals surface area contributed by atoms with Crippen LogP contribution in [0.2, 0.25) is 0 Å². The lowest BCUT2D eigenvalue weighted by Crippen LogP contribution is -2.44. The molecule has 0 unspecified atom stereocenters. The van der Waals surface area contributed by atoms with Gasteiger partial charge in [-0.3, -0.25) is 9.98 Å². The van der Waals surface area contributed by atoms with Crippen molar-refractivity contribution in [3.05, 3.63) is 66.0 Å². The monoisotopic (exact) mass is 267 g/mol. The Morgan fingerprint density at radius 3 is 2.50 bits per heavy atom. The van der Waals surface area contributed by atoms with Crippen molar-refractivity contribution in [1.82, 2.24) is 10.0 Å². The zero-order valence-electron chi connectivity index (χ0n) is 11.6. The van der Waals surface area contributed by atoms with E-state index in [1.807, 2.05) is 56.3 Å². The van der Waals surface area contributed by atoms with Crippen LogP contribution in [0.3, 0.4) is 0 Å². The highest BCUT2D eigenvalue weighted by atomic mass is 16.5. The molecule has 3 rings (SSSR count). The van der Waals surface area contributed by atoms with Crippen LogP contribution in [0.4, 0.5) is 0 Å². The average molecular weight is 267 g/mol.